The highest BCUT2D eigenvalue weighted by molar-refractivity contribution is 5.74. The van der Waals surface area contributed by atoms with E-state index in [0.717, 1.165) is 17.6 Å². The third-order valence-electron chi connectivity index (χ3n) is 3.65. The van der Waals surface area contributed by atoms with E-state index in [4.69, 9.17) is 10.5 Å². The summed E-state index contributed by atoms with van der Waals surface area (Å²) in [5, 5.41) is 17.5. The summed E-state index contributed by atoms with van der Waals surface area (Å²) in [4.78, 5) is 7.98. The van der Waals surface area contributed by atoms with E-state index in [1.807, 2.05) is 30.3 Å². The van der Waals surface area contributed by atoms with Crippen LogP contribution in [0.2, 0.25) is 0 Å². The lowest BCUT2D eigenvalue weighted by Crippen LogP contribution is -1.99. The molecule has 0 radical (unpaired) electrons. The van der Waals surface area contributed by atoms with Gasteiger partial charge in [-0.05, 0) is 29.7 Å². The van der Waals surface area contributed by atoms with Crippen molar-refractivity contribution < 1.29 is 0 Å². The minimum atomic E-state index is 0.180. The Morgan fingerprint density at radius 2 is 1.73 bits per heavy atom. The molecule has 0 fully saturated rings. The lowest BCUT2D eigenvalue weighted by Gasteiger charge is -2.16. The van der Waals surface area contributed by atoms with Crippen LogP contribution in [0.4, 0.5) is 0 Å². The first kappa shape index (κ1) is 13.7. The largest absolute Gasteiger partial charge is 0.232 e. The van der Waals surface area contributed by atoms with Crippen LogP contribution in [0.3, 0.4) is 0 Å². The molecule has 1 aromatic heterocycles. The molecule has 0 bridgehead atoms. The van der Waals surface area contributed by atoms with Gasteiger partial charge in [0.15, 0.2) is 0 Å². The predicted molar refractivity (Wildman–Crippen MR) is 82.4 cm³/mol. The Labute approximate surface area is 128 Å². The Balaban J connectivity index is 1.75. The van der Waals surface area contributed by atoms with Gasteiger partial charge >= 0.3 is 0 Å². The molecule has 1 aliphatic rings. The summed E-state index contributed by atoms with van der Waals surface area (Å²) >= 11 is 0. The van der Waals surface area contributed by atoms with Gasteiger partial charge < -0.3 is 0 Å². The fourth-order valence-electron chi connectivity index (χ4n) is 2.42. The Morgan fingerprint density at radius 1 is 1.00 bits per heavy atom. The number of nitrogens with zero attached hydrogens (tertiary/aromatic N) is 4. The molecule has 1 aromatic carbocycles. The zero-order chi connectivity index (χ0) is 15.4. The predicted octanol–water partition coefficient (Wildman–Crippen LogP) is 3.35. The maximum atomic E-state index is 8.83. The Morgan fingerprint density at radius 3 is 2.27 bits per heavy atom. The van der Waals surface area contributed by atoms with Gasteiger partial charge in [-0.2, -0.15) is 10.5 Å². The lowest BCUT2D eigenvalue weighted by molar-refractivity contribution is 0.856. The molecule has 104 valence electrons. The molecule has 2 aromatic rings. The molecule has 0 saturated carbocycles. The Bertz CT molecular complexity index is 815. The van der Waals surface area contributed by atoms with Gasteiger partial charge in [-0.3, -0.25) is 0 Å². The molecule has 4 heteroatoms. The van der Waals surface area contributed by atoms with E-state index in [1.54, 1.807) is 12.4 Å². The van der Waals surface area contributed by atoms with Crippen molar-refractivity contribution in [2.45, 2.75) is 12.3 Å². The minimum Gasteiger partial charge on any atom is -0.227 e. The molecule has 0 spiro atoms. The van der Waals surface area contributed by atoms with E-state index >= 15 is 0 Å². The van der Waals surface area contributed by atoms with Crippen LogP contribution < -0.4 is 0 Å². The fourth-order valence-corrected chi connectivity index (χ4v) is 2.42. The lowest BCUT2D eigenvalue weighted by atomic mass is 9.88. The smallest absolute Gasteiger partial charge is 0.227 e. The summed E-state index contributed by atoms with van der Waals surface area (Å²) in [5.41, 5.74) is 3.85. The second-order valence-electron chi connectivity index (χ2n) is 5.00. The van der Waals surface area contributed by atoms with Gasteiger partial charge in [0.25, 0.3) is 0 Å². The second kappa shape index (κ2) is 6.03. The molecule has 1 unspecified atom stereocenters. The van der Waals surface area contributed by atoms with Crippen LogP contribution in [0.5, 0.6) is 0 Å². The van der Waals surface area contributed by atoms with Crippen molar-refractivity contribution in [3.05, 3.63) is 77.4 Å². The standard InChI is InChI=1S/C18H12N4/c19-9-13-1-3-14(4-2-13)15-5-7-16(8-6-15)17-11-21-18(10-20)22-12-17/h1-5,7-8,11-12,15H,6H2. The molecule has 1 aliphatic carbocycles. The van der Waals surface area contributed by atoms with Crippen LogP contribution in [-0.4, -0.2) is 9.97 Å². The summed E-state index contributed by atoms with van der Waals surface area (Å²) in [6.07, 6.45) is 10.6. The van der Waals surface area contributed by atoms with Crippen LogP contribution in [0.25, 0.3) is 5.57 Å². The minimum absolute atomic E-state index is 0.180. The molecule has 3 rings (SSSR count). The third kappa shape index (κ3) is 2.77. The molecule has 4 nitrogen and oxygen atoms in total. The molecule has 0 saturated heterocycles. The highest BCUT2D eigenvalue weighted by Gasteiger charge is 2.12. The maximum absolute atomic E-state index is 8.83. The number of hydrogen-bond acceptors (Lipinski definition) is 4. The number of benzene rings is 1. The second-order valence-corrected chi connectivity index (χ2v) is 5.00. The zero-order valence-corrected chi connectivity index (χ0v) is 11.8. The van der Waals surface area contributed by atoms with Crippen molar-refractivity contribution in [3.8, 4) is 12.1 Å². The maximum Gasteiger partial charge on any atom is 0.232 e. The SMILES string of the molecule is N#Cc1ccc(C2C=CC(c3cnc(C#N)nc3)=CC2)cc1. The van der Waals surface area contributed by atoms with Crippen LogP contribution >= 0.6 is 0 Å². The fraction of sp³-hybridized carbons (Fsp3) is 0.111. The van der Waals surface area contributed by atoms with E-state index in [-0.39, 0.29) is 5.82 Å². The Kier molecular flexibility index (Phi) is 3.76. The third-order valence-corrected chi connectivity index (χ3v) is 3.65. The van der Waals surface area contributed by atoms with Crippen molar-refractivity contribution in [1.82, 2.24) is 9.97 Å². The van der Waals surface area contributed by atoms with E-state index in [2.05, 4.69) is 34.3 Å². The Hall–Kier alpha value is -3.24. The summed E-state index contributed by atoms with van der Waals surface area (Å²) in [7, 11) is 0. The number of nitriles is 2. The van der Waals surface area contributed by atoms with Gasteiger partial charge in [0.2, 0.25) is 5.82 Å². The zero-order valence-electron chi connectivity index (χ0n) is 11.8. The van der Waals surface area contributed by atoms with Gasteiger partial charge in [0.1, 0.15) is 6.07 Å². The summed E-state index contributed by atoms with van der Waals surface area (Å²) in [6, 6.07) is 11.7. The number of aromatic nitrogens is 2. The van der Waals surface area contributed by atoms with E-state index in [1.165, 1.54) is 5.56 Å². The summed E-state index contributed by atoms with van der Waals surface area (Å²) < 4.78 is 0. The van der Waals surface area contributed by atoms with E-state index < -0.39 is 0 Å². The average molecular weight is 284 g/mol. The number of allylic oxidation sites excluding steroid dienone is 4. The molecule has 22 heavy (non-hydrogen) atoms. The first-order valence-electron chi connectivity index (χ1n) is 6.91. The van der Waals surface area contributed by atoms with Crippen molar-refractivity contribution >= 4 is 5.57 Å². The van der Waals surface area contributed by atoms with E-state index in [0.29, 0.717) is 11.5 Å². The monoisotopic (exact) mass is 284 g/mol. The molecule has 0 N–H and O–H groups in total. The number of hydrogen-bond donors (Lipinski definition) is 0. The molecule has 0 aliphatic heterocycles. The molecule has 1 atom stereocenters. The van der Waals surface area contributed by atoms with Crippen LogP contribution in [-0.2, 0) is 0 Å². The van der Waals surface area contributed by atoms with Crippen molar-refractivity contribution in [2.75, 3.05) is 0 Å². The molecular formula is C18H12N4. The van der Waals surface area contributed by atoms with Crippen LogP contribution in [0, 0.1) is 22.7 Å². The van der Waals surface area contributed by atoms with Gasteiger partial charge in [0.05, 0.1) is 11.6 Å². The van der Waals surface area contributed by atoms with Gasteiger partial charge in [-0.1, -0.05) is 30.4 Å². The molecular weight excluding hydrogens is 272 g/mol. The van der Waals surface area contributed by atoms with Gasteiger partial charge in [-0.15, -0.1) is 0 Å². The number of rotatable bonds is 2. The molecule has 1 heterocycles. The van der Waals surface area contributed by atoms with Crippen molar-refractivity contribution in [2.24, 2.45) is 0 Å². The summed E-state index contributed by atoms with van der Waals surface area (Å²) in [6.45, 7) is 0. The highest BCUT2D eigenvalue weighted by atomic mass is 14.9. The highest BCUT2D eigenvalue weighted by Crippen LogP contribution is 2.30. The molecule has 0 amide bonds. The topological polar surface area (TPSA) is 73.4 Å². The quantitative estimate of drug-likeness (QED) is 0.847. The van der Waals surface area contributed by atoms with Crippen molar-refractivity contribution in [1.29, 1.82) is 10.5 Å². The van der Waals surface area contributed by atoms with Crippen LogP contribution in [0.1, 0.15) is 34.9 Å². The first-order chi connectivity index (χ1) is 10.8. The first-order valence-corrected chi connectivity index (χ1v) is 6.91. The van der Waals surface area contributed by atoms with Gasteiger partial charge in [0, 0.05) is 23.9 Å². The summed E-state index contributed by atoms with van der Waals surface area (Å²) in [5.74, 6) is 0.496. The van der Waals surface area contributed by atoms with E-state index in [9.17, 15) is 0 Å². The van der Waals surface area contributed by atoms with Crippen LogP contribution in [0.15, 0.2) is 54.9 Å². The van der Waals surface area contributed by atoms with Gasteiger partial charge in [-0.25, -0.2) is 9.97 Å². The normalized spacial score (nSPS) is 16.5. The van der Waals surface area contributed by atoms with Crippen molar-refractivity contribution in [3.63, 3.8) is 0 Å². The average Bonchev–Trinajstić information content (AvgIpc) is 2.62.